The van der Waals surface area contributed by atoms with Gasteiger partial charge in [-0.05, 0) is 31.4 Å². The summed E-state index contributed by atoms with van der Waals surface area (Å²) in [5.74, 6) is 1.36. The Hall–Kier alpha value is -2.24. The number of benzene rings is 1. The first-order chi connectivity index (χ1) is 10.8. The fourth-order valence-electron chi connectivity index (χ4n) is 2.68. The van der Waals surface area contributed by atoms with Crippen LogP contribution in [0.5, 0.6) is 11.5 Å². The van der Waals surface area contributed by atoms with Gasteiger partial charge in [0.05, 0.1) is 12.2 Å². The van der Waals surface area contributed by atoms with Crippen molar-refractivity contribution in [2.75, 3.05) is 24.7 Å². The third-order valence-corrected chi connectivity index (χ3v) is 3.81. The molecule has 3 rings (SSSR count). The standard InChI is InChI=1S/C16H19NO5/c18-7-3-1-2-4-13-11-17(16(19)22-13)12-5-6-14-15(10-12)21-9-8-20-14/h5-7,10,13H,1-4,8-9,11H2. The molecule has 1 unspecified atom stereocenters. The Labute approximate surface area is 128 Å². The van der Waals surface area contributed by atoms with Crippen molar-refractivity contribution in [2.24, 2.45) is 0 Å². The summed E-state index contributed by atoms with van der Waals surface area (Å²) in [6.07, 6.45) is 3.52. The Morgan fingerprint density at radius 2 is 2.00 bits per heavy atom. The van der Waals surface area contributed by atoms with Crippen LogP contribution in [-0.2, 0) is 9.53 Å². The highest BCUT2D eigenvalue weighted by Crippen LogP contribution is 2.35. The topological polar surface area (TPSA) is 65.1 Å². The number of aldehydes is 1. The lowest BCUT2D eigenvalue weighted by Crippen LogP contribution is -2.25. The van der Waals surface area contributed by atoms with E-state index in [1.165, 1.54) is 0 Å². The number of nitrogens with zero attached hydrogens (tertiary/aromatic N) is 1. The molecule has 22 heavy (non-hydrogen) atoms. The number of amides is 1. The number of hydrogen-bond donors (Lipinski definition) is 0. The number of rotatable bonds is 6. The zero-order chi connectivity index (χ0) is 15.4. The maximum atomic E-state index is 12.0. The Morgan fingerprint density at radius 1 is 1.18 bits per heavy atom. The van der Waals surface area contributed by atoms with Gasteiger partial charge in [-0.1, -0.05) is 0 Å². The third-order valence-electron chi connectivity index (χ3n) is 3.81. The van der Waals surface area contributed by atoms with Crippen molar-refractivity contribution in [1.82, 2.24) is 0 Å². The molecule has 0 aliphatic carbocycles. The SMILES string of the molecule is O=CCCCCC1CN(c2ccc3c(c2)OCCO3)C(=O)O1. The van der Waals surface area contributed by atoms with E-state index in [0.29, 0.717) is 37.7 Å². The highest BCUT2D eigenvalue weighted by molar-refractivity contribution is 5.90. The predicted octanol–water partition coefficient (Wildman–Crippen LogP) is 2.54. The lowest BCUT2D eigenvalue weighted by molar-refractivity contribution is -0.107. The van der Waals surface area contributed by atoms with E-state index in [0.717, 1.165) is 31.2 Å². The van der Waals surface area contributed by atoms with E-state index in [1.54, 1.807) is 4.90 Å². The lowest BCUT2D eigenvalue weighted by Gasteiger charge is -2.21. The van der Waals surface area contributed by atoms with E-state index in [1.807, 2.05) is 18.2 Å². The van der Waals surface area contributed by atoms with Crippen LogP contribution in [0.15, 0.2) is 18.2 Å². The molecular weight excluding hydrogens is 286 g/mol. The van der Waals surface area contributed by atoms with E-state index >= 15 is 0 Å². The predicted molar refractivity (Wildman–Crippen MR) is 79.6 cm³/mol. The second-order valence-electron chi connectivity index (χ2n) is 5.40. The molecule has 1 aromatic rings. The summed E-state index contributed by atoms with van der Waals surface area (Å²) in [6, 6.07) is 5.46. The number of hydrogen-bond acceptors (Lipinski definition) is 5. The molecule has 118 valence electrons. The van der Waals surface area contributed by atoms with Crippen LogP contribution in [0.25, 0.3) is 0 Å². The Bertz CT molecular complexity index is 559. The van der Waals surface area contributed by atoms with Crippen molar-refractivity contribution in [2.45, 2.75) is 31.8 Å². The Kier molecular flexibility index (Phi) is 4.46. The normalized spacial score (nSPS) is 19.9. The van der Waals surface area contributed by atoms with Gasteiger partial charge in [0, 0.05) is 12.5 Å². The summed E-state index contributed by atoms with van der Waals surface area (Å²) in [4.78, 5) is 23.9. The number of unbranched alkanes of at least 4 members (excludes halogenated alkanes) is 2. The second-order valence-corrected chi connectivity index (χ2v) is 5.40. The van der Waals surface area contributed by atoms with Crippen LogP contribution in [-0.4, -0.2) is 38.2 Å². The van der Waals surface area contributed by atoms with E-state index in [4.69, 9.17) is 14.2 Å². The first-order valence-corrected chi connectivity index (χ1v) is 7.59. The molecule has 1 saturated heterocycles. The maximum Gasteiger partial charge on any atom is 0.414 e. The molecule has 6 nitrogen and oxygen atoms in total. The monoisotopic (exact) mass is 305 g/mol. The van der Waals surface area contributed by atoms with Crippen LogP contribution in [0.4, 0.5) is 10.5 Å². The molecule has 1 amide bonds. The highest BCUT2D eigenvalue weighted by atomic mass is 16.6. The van der Waals surface area contributed by atoms with E-state index in [2.05, 4.69) is 0 Å². The van der Waals surface area contributed by atoms with Gasteiger partial charge >= 0.3 is 6.09 Å². The summed E-state index contributed by atoms with van der Waals surface area (Å²) in [5, 5.41) is 0. The van der Waals surface area contributed by atoms with Gasteiger partial charge in [-0.2, -0.15) is 0 Å². The van der Waals surface area contributed by atoms with Crippen LogP contribution in [0.1, 0.15) is 25.7 Å². The van der Waals surface area contributed by atoms with Crippen LogP contribution in [0.2, 0.25) is 0 Å². The second kappa shape index (κ2) is 6.68. The zero-order valence-electron chi connectivity index (χ0n) is 12.3. The minimum Gasteiger partial charge on any atom is -0.486 e. The molecule has 0 aromatic heterocycles. The van der Waals surface area contributed by atoms with Crippen molar-refractivity contribution >= 4 is 18.1 Å². The van der Waals surface area contributed by atoms with E-state index < -0.39 is 0 Å². The van der Waals surface area contributed by atoms with Crippen molar-refractivity contribution in [3.63, 3.8) is 0 Å². The molecule has 0 radical (unpaired) electrons. The van der Waals surface area contributed by atoms with Crippen LogP contribution in [0, 0.1) is 0 Å². The van der Waals surface area contributed by atoms with Gasteiger partial charge in [0.15, 0.2) is 11.5 Å². The fourth-order valence-corrected chi connectivity index (χ4v) is 2.68. The van der Waals surface area contributed by atoms with Gasteiger partial charge in [0.2, 0.25) is 0 Å². The minimum atomic E-state index is -0.336. The van der Waals surface area contributed by atoms with Gasteiger partial charge in [0.1, 0.15) is 25.6 Å². The molecule has 2 heterocycles. The summed E-state index contributed by atoms with van der Waals surface area (Å²) < 4.78 is 16.4. The van der Waals surface area contributed by atoms with Gasteiger partial charge in [-0.3, -0.25) is 4.90 Å². The third kappa shape index (κ3) is 3.16. The number of carbonyl (C=O) groups is 2. The van der Waals surface area contributed by atoms with Gasteiger partial charge in [-0.15, -0.1) is 0 Å². The minimum absolute atomic E-state index is 0.118. The molecule has 0 spiro atoms. The maximum absolute atomic E-state index is 12.0. The largest absolute Gasteiger partial charge is 0.486 e. The van der Waals surface area contributed by atoms with E-state index in [9.17, 15) is 9.59 Å². The summed E-state index contributed by atoms with van der Waals surface area (Å²) in [5.41, 5.74) is 0.754. The summed E-state index contributed by atoms with van der Waals surface area (Å²) >= 11 is 0. The number of carbonyl (C=O) groups excluding carboxylic acids is 2. The fraction of sp³-hybridized carbons (Fsp3) is 0.500. The van der Waals surface area contributed by atoms with Gasteiger partial charge in [0.25, 0.3) is 0 Å². The molecule has 6 heteroatoms. The summed E-state index contributed by atoms with van der Waals surface area (Å²) in [6.45, 7) is 1.58. The first kappa shape index (κ1) is 14.7. The van der Waals surface area contributed by atoms with Crippen molar-refractivity contribution < 1.29 is 23.8 Å². The molecule has 2 aliphatic rings. The molecule has 0 saturated carbocycles. The molecule has 2 aliphatic heterocycles. The molecular formula is C16H19NO5. The lowest BCUT2D eigenvalue weighted by atomic mass is 10.1. The average Bonchev–Trinajstić information content (AvgIpc) is 2.92. The quantitative estimate of drug-likeness (QED) is 0.597. The van der Waals surface area contributed by atoms with Gasteiger partial charge < -0.3 is 19.0 Å². The Morgan fingerprint density at radius 3 is 2.82 bits per heavy atom. The van der Waals surface area contributed by atoms with Crippen molar-refractivity contribution in [1.29, 1.82) is 0 Å². The van der Waals surface area contributed by atoms with E-state index in [-0.39, 0.29) is 12.2 Å². The zero-order valence-corrected chi connectivity index (χ0v) is 12.3. The van der Waals surface area contributed by atoms with Crippen LogP contribution >= 0.6 is 0 Å². The number of ether oxygens (including phenoxy) is 3. The average molecular weight is 305 g/mol. The Balaban J connectivity index is 1.62. The van der Waals surface area contributed by atoms with Crippen LogP contribution in [0.3, 0.4) is 0 Å². The molecule has 1 fully saturated rings. The number of anilines is 1. The summed E-state index contributed by atoms with van der Waals surface area (Å²) in [7, 11) is 0. The smallest absolute Gasteiger partial charge is 0.414 e. The molecule has 1 atom stereocenters. The first-order valence-electron chi connectivity index (χ1n) is 7.59. The number of fused-ring (bicyclic) bond motifs is 1. The van der Waals surface area contributed by atoms with Crippen LogP contribution < -0.4 is 14.4 Å². The van der Waals surface area contributed by atoms with Crippen molar-refractivity contribution in [3.05, 3.63) is 18.2 Å². The molecule has 0 N–H and O–H groups in total. The highest BCUT2D eigenvalue weighted by Gasteiger charge is 2.32. The number of cyclic esters (lactones) is 1. The van der Waals surface area contributed by atoms with Gasteiger partial charge in [-0.25, -0.2) is 4.79 Å². The van der Waals surface area contributed by atoms with Crippen molar-refractivity contribution in [3.8, 4) is 11.5 Å². The molecule has 1 aromatic carbocycles. The molecule has 0 bridgehead atoms.